The first-order valence-electron chi connectivity index (χ1n) is 12.2. The topological polar surface area (TPSA) is 115 Å². The third-order valence-corrected chi connectivity index (χ3v) is 7.27. The molecule has 0 aliphatic carbocycles. The predicted molar refractivity (Wildman–Crippen MR) is 147 cm³/mol. The SMILES string of the molecule is C=CCOC(=O)c1sc(N2C(=O)C(=O)C(=C(O)c3ccc(OC)c(C)c3)C2c2ccc(OCC)cc2)nc1C. The van der Waals surface area contributed by atoms with Gasteiger partial charge in [-0.2, -0.15) is 0 Å². The van der Waals surface area contributed by atoms with Crippen LogP contribution in [0.1, 0.15) is 45.0 Å². The minimum absolute atomic E-state index is 0.0173. The summed E-state index contributed by atoms with van der Waals surface area (Å²) in [6.07, 6.45) is 1.44. The summed E-state index contributed by atoms with van der Waals surface area (Å²) in [5.74, 6) is -1.46. The molecule has 1 N–H and O–H groups in total. The molecule has 9 nitrogen and oxygen atoms in total. The first-order chi connectivity index (χ1) is 18.7. The predicted octanol–water partition coefficient (Wildman–Crippen LogP) is 5.14. The fourth-order valence-corrected chi connectivity index (χ4v) is 5.30. The lowest BCUT2D eigenvalue weighted by Crippen LogP contribution is -2.29. The number of Topliss-reactive ketones (excluding diaryl/α,β-unsaturated/α-hetero) is 1. The normalized spacial score (nSPS) is 16.3. The van der Waals surface area contributed by atoms with Crippen LogP contribution in [0.15, 0.2) is 60.7 Å². The van der Waals surface area contributed by atoms with Crippen LogP contribution < -0.4 is 14.4 Å². The molecule has 1 unspecified atom stereocenters. The van der Waals surface area contributed by atoms with E-state index in [-0.39, 0.29) is 27.9 Å². The molecular weight excluding hydrogens is 520 g/mol. The van der Waals surface area contributed by atoms with E-state index in [0.717, 1.165) is 16.9 Å². The summed E-state index contributed by atoms with van der Waals surface area (Å²) in [5, 5.41) is 11.5. The number of aliphatic hydroxyl groups excluding tert-OH is 1. The van der Waals surface area contributed by atoms with Crippen molar-refractivity contribution in [3.63, 3.8) is 0 Å². The molecule has 2 aromatic carbocycles. The van der Waals surface area contributed by atoms with Gasteiger partial charge in [-0.15, -0.1) is 0 Å². The Kier molecular flexibility index (Phi) is 8.15. The number of esters is 1. The molecule has 0 radical (unpaired) electrons. The van der Waals surface area contributed by atoms with Gasteiger partial charge in [0.1, 0.15) is 28.7 Å². The molecule has 3 aromatic rings. The second-order valence-corrected chi connectivity index (χ2v) is 9.63. The number of anilines is 1. The van der Waals surface area contributed by atoms with Crippen LogP contribution >= 0.6 is 11.3 Å². The number of hydrogen-bond acceptors (Lipinski definition) is 9. The Balaban J connectivity index is 1.88. The molecule has 2 heterocycles. The summed E-state index contributed by atoms with van der Waals surface area (Å²) in [6, 6.07) is 10.9. The molecule has 4 rings (SSSR count). The van der Waals surface area contributed by atoms with E-state index < -0.39 is 23.7 Å². The van der Waals surface area contributed by atoms with E-state index in [1.54, 1.807) is 49.4 Å². The number of amides is 1. The standard InChI is InChI=1S/C29H28N2O7S/c1-6-14-38-28(35)26-17(4)30-29(39-26)31-23(18-8-11-20(12-9-18)37-7-2)22(25(33)27(31)34)24(32)19-10-13-21(36-5)16(3)15-19/h6,8-13,15,23,32H,1,7,14H2,2-5H3. The van der Waals surface area contributed by atoms with Crippen molar-refractivity contribution in [3.8, 4) is 11.5 Å². The van der Waals surface area contributed by atoms with Gasteiger partial charge in [-0.25, -0.2) is 9.78 Å². The first-order valence-corrected chi connectivity index (χ1v) is 13.0. The highest BCUT2D eigenvalue weighted by Crippen LogP contribution is 2.44. The largest absolute Gasteiger partial charge is 0.507 e. The smallest absolute Gasteiger partial charge is 0.350 e. The summed E-state index contributed by atoms with van der Waals surface area (Å²) in [6.45, 7) is 9.31. The van der Waals surface area contributed by atoms with Gasteiger partial charge in [-0.05, 0) is 62.2 Å². The molecule has 0 spiro atoms. The molecule has 202 valence electrons. The molecule has 39 heavy (non-hydrogen) atoms. The van der Waals surface area contributed by atoms with Crippen LogP contribution in [0.4, 0.5) is 5.13 Å². The van der Waals surface area contributed by atoms with Crippen molar-refractivity contribution in [2.75, 3.05) is 25.2 Å². The summed E-state index contributed by atoms with van der Waals surface area (Å²) in [7, 11) is 1.54. The Labute approximate surface area is 230 Å². The molecule has 1 saturated heterocycles. The second kappa shape index (κ2) is 11.5. The number of carbonyl (C=O) groups excluding carboxylic acids is 3. The molecule has 1 amide bonds. The quantitative estimate of drug-likeness (QED) is 0.129. The van der Waals surface area contributed by atoms with Crippen molar-refractivity contribution < 1.29 is 33.7 Å². The average Bonchev–Trinajstić information content (AvgIpc) is 3.44. The van der Waals surface area contributed by atoms with E-state index >= 15 is 0 Å². The van der Waals surface area contributed by atoms with Crippen molar-refractivity contribution in [2.24, 2.45) is 0 Å². The highest BCUT2D eigenvalue weighted by molar-refractivity contribution is 7.17. The third kappa shape index (κ3) is 5.28. The highest BCUT2D eigenvalue weighted by atomic mass is 32.1. The van der Waals surface area contributed by atoms with E-state index in [4.69, 9.17) is 14.2 Å². The average molecular weight is 549 g/mol. The maximum atomic E-state index is 13.5. The van der Waals surface area contributed by atoms with Gasteiger partial charge < -0.3 is 19.3 Å². The van der Waals surface area contributed by atoms with E-state index in [1.165, 1.54) is 18.1 Å². The molecule has 0 bridgehead atoms. The van der Waals surface area contributed by atoms with Crippen LogP contribution in [-0.2, 0) is 14.3 Å². The van der Waals surface area contributed by atoms with Crippen molar-refractivity contribution >= 4 is 39.9 Å². The second-order valence-electron chi connectivity index (χ2n) is 8.65. The Morgan fingerprint density at radius 3 is 2.51 bits per heavy atom. The molecule has 1 aromatic heterocycles. The first kappa shape index (κ1) is 27.6. The fraction of sp³-hybridized carbons (Fsp3) is 0.241. The number of ketones is 1. The fourth-order valence-electron chi connectivity index (χ4n) is 4.31. The van der Waals surface area contributed by atoms with Crippen molar-refractivity contribution in [3.05, 3.63) is 88.0 Å². The Hall–Kier alpha value is -4.44. The number of aryl methyl sites for hydroxylation is 2. The maximum Gasteiger partial charge on any atom is 0.350 e. The lowest BCUT2D eigenvalue weighted by molar-refractivity contribution is -0.132. The Bertz CT molecular complexity index is 1470. The highest BCUT2D eigenvalue weighted by Gasteiger charge is 2.48. The van der Waals surface area contributed by atoms with Gasteiger partial charge in [0, 0.05) is 5.56 Å². The van der Waals surface area contributed by atoms with Crippen LogP contribution in [0, 0.1) is 13.8 Å². The molecule has 1 atom stereocenters. The summed E-state index contributed by atoms with van der Waals surface area (Å²) >= 11 is 0.935. The van der Waals surface area contributed by atoms with Crippen molar-refractivity contribution in [1.29, 1.82) is 0 Å². The van der Waals surface area contributed by atoms with Crippen molar-refractivity contribution in [1.82, 2.24) is 4.98 Å². The summed E-state index contributed by atoms with van der Waals surface area (Å²) < 4.78 is 16.0. The zero-order valence-electron chi connectivity index (χ0n) is 22.0. The minimum atomic E-state index is -1.01. The summed E-state index contributed by atoms with van der Waals surface area (Å²) in [4.78, 5) is 45.3. The number of nitrogens with zero attached hydrogens (tertiary/aromatic N) is 2. The van der Waals surface area contributed by atoms with Gasteiger partial charge in [-0.1, -0.05) is 36.1 Å². The van der Waals surface area contributed by atoms with Gasteiger partial charge in [0.05, 0.1) is 31.0 Å². The lowest BCUT2D eigenvalue weighted by atomic mass is 9.95. The molecule has 1 aliphatic rings. The monoisotopic (exact) mass is 548 g/mol. The minimum Gasteiger partial charge on any atom is -0.507 e. The molecule has 10 heteroatoms. The van der Waals surface area contributed by atoms with Crippen LogP contribution in [0.3, 0.4) is 0 Å². The molecule has 1 fully saturated rings. The van der Waals surface area contributed by atoms with Crippen LogP contribution in [0.25, 0.3) is 5.76 Å². The maximum absolute atomic E-state index is 13.5. The lowest BCUT2D eigenvalue weighted by Gasteiger charge is -2.23. The number of methoxy groups -OCH3 is 1. The van der Waals surface area contributed by atoms with E-state index in [0.29, 0.717) is 34.9 Å². The number of benzene rings is 2. The van der Waals surface area contributed by atoms with Gasteiger partial charge in [0.15, 0.2) is 5.13 Å². The van der Waals surface area contributed by atoms with Crippen LogP contribution in [0.5, 0.6) is 11.5 Å². The Morgan fingerprint density at radius 2 is 1.90 bits per heavy atom. The zero-order chi connectivity index (χ0) is 28.3. The molecular formula is C29H28N2O7S. The number of aliphatic hydroxyl groups is 1. The number of carbonyl (C=O) groups is 3. The van der Waals surface area contributed by atoms with E-state index in [9.17, 15) is 19.5 Å². The Morgan fingerprint density at radius 1 is 1.18 bits per heavy atom. The number of thiazole rings is 1. The number of ether oxygens (including phenoxy) is 3. The van der Waals surface area contributed by atoms with Crippen LogP contribution in [0.2, 0.25) is 0 Å². The van der Waals surface area contributed by atoms with Gasteiger partial charge in [-0.3, -0.25) is 14.5 Å². The third-order valence-electron chi connectivity index (χ3n) is 6.13. The van der Waals surface area contributed by atoms with E-state index in [2.05, 4.69) is 11.6 Å². The van der Waals surface area contributed by atoms with Gasteiger partial charge >= 0.3 is 11.9 Å². The number of rotatable bonds is 9. The number of aromatic nitrogens is 1. The molecule has 1 aliphatic heterocycles. The van der Waals surface area contributed by atoms with Gasteiger partial charge in [0.25, 0.3) is 5.78 Å². The van der Waals surface area contributed by atoms with E-state index in [1.807, 2.05) is 13.8 Å². The van der Waals surface area contributed by atoms with Crippen LogP contribution in [-0.4, -0.2) is 48.1 Å². The zero-order valence-corrected chi connectivity index (χ0v) is 22.8. The summed E-state index contributed by atoms with van der Waals surface area (Å²) in [5.41, 5.74) is 1.89. The molecule has 0 saturated carbocycles. The van der Waals surface area contributed by atoms with Gasteiger partial charge in [0.2, 0.25) is 0 Å². The van der Waals surface area contributed by atoms with Crippen molar-refractivity contribution in [2.45, 2.75) is 26.8 Å². The number of hydrogen-bond donors (Lipinski definition) is 1.